The number of benzene rings is 1. The summed E-state index contributed by atoms with van der Waals surface area (Å²) < 4.78 is 17.1. The van der Waals surface area contributed by atoms with E-state index in [1.165, 1.54) is 0 Å². The van der Waals surface area contributed by atoms with Gasteiger partial charge < -0.3 is 19.1 Å². The molecule has 1 atom stereocenters. The first-order chi connectivity index (χ1) is 13.7. The van der Waals surface area contributed by atoms with Crippen LogP contribution in [0.3, 0.4) is 0 Å². The van der Waals surface area contributed by atoms with Crippen LogP contribution in [0.1, 0.15) is 31.2 Å². The monoisotopic (exact) mass is 415 g/mol. The number of carbonyl (C=O) groups is 1. The third-order valence-electron chi connectivity index (χ3n) is 4.13. The second kappa shape index (κ2) is 8.80. The molecule has 8 heteroatoms. The van der Waals surface area contributed by atoms with Gasteiger partial charge in [-0.3, -0.25) is 0 Å². The number of nitrogens with zero attached hydrogens (tertiary/aromatic N) is 3. The lowest BCUT2D eigenvalue weighted by Gasteiger charge is -2.34. The molecule has 7 nitrogen and oxygen atoms in total. The van der Waals surface area contributed by atoms with Crippen LogP contribution in [-0.2, 0) is 9.47 Å². The normalized spacial score (nSPS) is 16.9. The third kappa shape index (κ3) is 5.92. The average Bonchev–Trinajstić information content (AvgIpc) is 3.11. The molecule has 0 aliphatic carbocycles. The minimum atomic E-state index is -0.538. The van der Waals surface area contributed by atoms with E-state index in [1.807, 2.05) is 33.8 Å². The molecule has 3 rings (SSSR count). The number of morpholine rings is 1. The van der Waals surface area contributed by atoms with E-state index < -0.39 is 5.60 Å². The number of ether oxygens (including phenoxy) is 3. The smallest absolute Gasteiger partial charge is 0.410 e. The maximum atomic E-state index is 12.3. The number of aromatic nitrogens is 1. The highest BCUT2D eigenvalue weighted by Crippen LogP contribution is 2.29. The molecule has 1 aromatic carbocycles. The van der Waals surface area contributed by atoms with Gasteiger partial charge in [-0.15, -0.1) is 11.3 Å². The minimum absolute atomic E-state index is 0.268. The van der Waals surface area contributed by atoms with Crippen molar-refractivity contribution in [1.29, 1.82) is 5.26 Å². The summed E-state index contributed by atoms with van der Waals surface area (Å²) in [6, 6.07) is 7.52. The molecule has 1 aliphatic heterocycles. The van der Waals surface area contributed by atoms with Crippen molar-refractivity contribution in [3.63, 3.8) is 0 Å². The molecule has 0 unspecified atom stereocenters. The van der Waals surface area contributed by atoms with Crippen LogP contribution < -0.4 is 4.74 Å². The summed E-state index contributed by atoms with van der Waals surface area (Å²) >= 11 is 1.56. The van der Waals surface area contributed by atoms with Crippen LogP contribution in [0.25, 0.3) is 10.6 Å². The van der Waals surface area contributed by atoms with Crippen LogP contribution in [0, 0.1) is 18.3 Å². The number of hydrogen-bond acceptors (Lipinski definition) is 7. The molecule has 2 heterocycles. The summed E-state index contributed by atoms with van der Waals surface area (Å²) in [7, 11) is 0. The lowest BCUT2D eigenvalue weighted by atomic mass is 10.1. The summed E-state index contributed by atoms with van der Waals surface area (Å²) in [4.78, 5) is 19.4. The molecular formula is C21H25N3O4S. The molecule has 1 aromatic heterocycles. The molecule has 0 radical (unpaired) electrons. The van der Waals surface area contributed by atoms with E-state index in [9.17, 15) is 10.1 Å². The highest BCUT2D eigenvalue weighted by atomic mass is 32.1. The molecule has 1 amide bonds. The maximum absolute atomic E-state index is 12.3. The van der Waals surface area contributed by atoms with Gasteiger partial charge in [0.15, 0.2) is 0 Å². The van der Waals surface area contributed by atoms with Crippen LogP contribution >= 0.6 is 11.3 Å². The highest BCUT2D eigenvalue weighted by Gasteiger charge is 2.28. The summed E-state index contributed by atoms with van der Waals surface area (Å²) in [5.74, 6) is 0.574. The number of amides is 1. The Morgan fingerprint density at radius 3 is 2.86 bits per heavy atom. The molecule has 1 fully saturated rings. The van der Waals surface area contributed by atoms with E-state index in [0.717, 1.165) is 15.4 Å². The van der Waals surface area contributed by atoms with E-state index in [0.29, 0.717) is 31.0 Å². The summed E-state index contributed by atoms with van der Waals surface area (Å²) in [6.45, 7) is 9.10. The van der Waals surface area contributed by atoms with Crippen molar-refractivity contribution in [2.45, 2.75) is 39.4 Å². The molecule has 0 bridgehead atoms. The number of hydrogen-bond donors (Lipinski definition) is 0. The van der Waals surface area contributed by atoms with Crippen molar-refractivity contribution in [2.24, 2.45) is 0 Å². The molecule has 1 saturated heterocycles. The number of aryl methyl sites for hydroxylation is 1. The Hall–Kier alpha value is -2.63. The van der Waals surface area contributed by atoms with E-state index in [1.54, 1.807) is 34.6 Å². The first-order valence-corrected chi connectivity index (χ1v) is 10.3. The Balaban J connectivity index is 1.65. The number of thiazole rings is 1. The zero-order valence-electron chi connectivity index (χ0n) is 17.1. The largest absolute Gasteiger partial charge is 0.491 e. The van der Waals surface area contributed by atoms with Crippen molar-refractivity contribution in [2.75, 3.05) is 26.3 Å². The van der Waals surface area contributed by atoms with Gasteiger partial charge in [0.25, 0.3) is 0 Å². The number of nitriles is 1. The fourth-order valence-electron chi connectivity index (χ4n) is 2.86. The second-order valence-electron chi connectivity index (χ2n) is 7.86. The van der Waals surface area contributed by atoms with Crippen LogP contribution in [0.15, 0.2) is 24.4 Å². The Bertz CT molecular complexity index is 913. The second-order valence-corrected chi connectivity index (χ2v) is 9.10. The van der Waals surface area contributed by atoms with Gasteiger partial charge in [-0.2, -0.15) is 5.26 Å². The standard InChI is InChI=1S/C21H25N3O4S/c1-14-11-23-19(29-14)16-7-15(10-22)8-17(9-16)27-13-18-12-24(5-6-26-18)20(25)28-21(2,3)4/h7-9,11,18H,5-6,12-13H2,1-4H3/t18-/m1/s1. The fraction of sp³-hybridized carbons (Fsp3) is 0.476. The van der Waals surface area contributed by atoms with E-state index in [2.05, 4.69) is 11.1 Å². The topological polar surface area (TPSA) is 84.7 Å². The summed E-state index contributed by atoms with van der Waals surface area (Å²) in [5, 5.41) is 10.2. The molecule has 0 N–H and O–H groups in total. The van der Waals surface area contributed by atoms with Gasteiger partial charge >= 0.3 is 6.09 Å². The molecule has 1 aliphatic rings. The van der Waals surface area contributed by atoms with Crippen LogP contribution in [0.2, 0.25) is 0 Å². The van der Waals surface area contributed by atoms with Gasteiger partial charge in [-0.05, 0) is 45.9 Å². The summed E-state index contributed by atoms with van der Waals surface area (Å²) in [5.41, 5.74) is 0.811. The van der Waals surface area contributed by atoms with Crippen LogP contribution in [0.4, 0.5) is 4.79 Å². The van der Waals surface area contributed by atoms with Crippen LogP contribution in [0.5, 0.6) is 5.75 Å². The van der Waals surface area contributed by atoms with E-state index >= 15 is 0 Å². The lowest BCUT2D eigenvalue weighted by Crippen LogP contribution is -2.49. The van der Waals surface area contributed by atoms with Gasteiger partial charge in [0.05, 0.1) is 24.8 Å². The number of rotatable bonds is 4. The highest BCUT2D eigenvalue weighted by molar-refractivity contribution is 7.14. The van der Waals surface area contributed by atoms with Crippen molar-refractivity contribution in [1.82, 2.24) is 9.88 Å². The minimum Gasteiger partial charge on any atom is -0.491 e. The van der Waals surface area contributed by atoms with Crippen molar-refractivity contribution in [3.05, 3.63) is 34.8 Å². The average molecular weight is 416 g/mol. The quantitative estimate of drug-likeness (QED) is 0.750. The van der Waals surface area contributed by atoms with Gasteiger partial charge in [0.1, 0.15) is 29.1 Å². The SMILES string of the molecule is Cc1cnc(-c2cc(C#N)cc(OC[C@H]3CN(C(=O)OC(C)(C)C)CCO3)c2)s1. The Labute approximate surface area is 174 Å². The molecular weight excluding hydrogens is 390 g/mol. The van der Waals surface area contributed by atoms with Crippen molar-refractivity contribution < 1.29 is 19.0 Å². The van der Waals surface area contributed by atoms with Crippen LogP contribution in [-0.4, -0.2) is 54.0 Å². The van der Waals surface area contributed by atoms with Crippen molar-refractivity contribution >= 4 is 17.4 Å². The van der Waals surface area contributed by atoms with Gasteiger partial charge in [-0.1, -0.05) is 0 Å². The van der Waals surface area contributed by atoms with Gasteiger partial charge in [0.2, 0.25) is 0 Å². The zero-order chi connectivity index (χ0) is 21.0. The Morgan fingerprint density at radius 1 is 1.41 bits per heavy atom. The predicted octanol–water partition coefficient (Wildman–Crippen LogP) is 4.00. The first kappa shape index (κ1) is 21.1. The summed E-state index contributed by atoms with van der Waals surface area (Å²) in [6.07, 6.45) is 1.19. The molecule has 154 valence electrons. The fourth-order valence-corrected chi connectivity index (χ4v) is 3.61. The zero-order valence-corrected chi connectivity index (χ0v) is 17.9. The Morgan fingerprint density at radius 2 is 2.21 bits per heavy atom. The Kier molecular flexibility index (Phi) is 6.40. The molecule has 2 aromatic rings. The first-order valence-electron chi connectivity index (χ1n) is 9.44. The van der Waals surface area contributed by atoms with Gasteiger partial charge in [0, 0.05) is 23.2 Å². The third-order valence-corrected chi connectivity index (χ3v) is 5.09. The predicted molar refractivity (Wildman–Crippen MR) is 110 cm³/mol. The maximum Gasteiger partial charge on any atom is 0.410 e. The van der Waals surface area contributed by atoms with E-state index in [4.69, 9.17) is 14.2 Å². The number of carbonyl (C=O) groups excluding carboxylic acids is 1. The van der Waals surface area contributed by atoms with E-state index in [-0.39, 0.29) is 18.8 Å². The molecule has 0 spiro atoms. The molecule has 0 saturated carbocycles. The van der Waals surface area contributed by atoms with Crippen molar-refractivity contribution in [3.8, 4) is 22.4 Å². The van der Waals surface area contributed by atoms with Gasteiger partial charge in [-0.25, -0.2) is 9.78 Å². The lowest BCUT2D eigenvalue weighted by molar-refractivity contribution is -0.0557. The molecule has 29 heavy (non-hydrogen) atoms.